The monoisotopic (exact) mass is 768 g/mol. The molecular formula is C39H56N6O10. The number of aromatic carboxylic acids is 1. The Hall–Kier alpha value is -5.28. The molecule has 0 radical (unpaired) electrons. The molecular weight excluding hydrogens is 712 g/mol. The fraction of sp³-hybridized carbons (Fsp3) is 0.590. The van der Waals surface area contributed by atoms with Crippen LogP contribution < -0.4 is 27.0 Å². The SMILES string of the molecule is COC(=O)/C=C/CC[C@H](NC(=O)c1ccccc1C(=O)O)C(=O)NC(C(=O)N1CCC[C@H](C(=O)N[C@H](C(=O)N[C@@H](C)C(N)=O)C2CCCCC2)C1)C(C)(C)C. The lowest BCUT2D eigenvalue weighted by atomic mass is 9.82. The maximum absolute atomic E-state index is 14.2. The van der Waals surface area contributed by atoms with Crippen LogP contribution >= 0.6 is 0 Å². The summed E-state index contributed by atoms with van der Waals surface area (Å²) in [4.78, 5) is 105. The van der Waals surface area contributed by atoms with E-state index in [9.17, 15) is 43.5 Å². The molecule has 0 bridgehead atoms. The molecule has 2 fully saturated rings. The predicted octanol–water partition coefficient (Wildman–Crippen LogP) is 1.82. The fourth-order valence-electron chi connectivity index (χ4n) is 6.86. The number of likely N-dealkylation sites (tertiary alicyclic amines) is 1. The lowest BCUT2D eigenvalue weighted by Crippen LogP contribution is -2.60. The summed E-state index contributed by atoms with van der Waals surface area (Å²) >= 11 is 0. The van der Waals surface area contributed by atoms with Crippen molar-refractivity contribution in [1.29, 1.82) is 0 Å². The molecule has 16 nitrogen and oxygen atoms in total. The van der Waals surface area contributed by atoms with Gasteiger partial charge in [0.05, 0.1) is 24.2 Å². The van der Waals surface area contributed by atoms with Crippen LogP contribution in [0.4, 0.5) is 0 Å². The van der Waals surface area contributed by atoms with Gasteiger partial charge in [-0.2, -0.15) is 0 Å². The number of carboxylic acid groups (broad SMARTS) is 1. The normalized spacial score (nSPS) is 18.6. The van der Waals surface area contributed by atoms with Crippen molar-refractivity contribution in [3.8, 4) is 0 Å². The number of ether oxygens (including phenoxy) is 1. The number of nitrogens with zero attached hydrogens (tertiary/aromatic N) is 1. The highest BCUT2D eigenvalue weighted by Gasteiger charge is 2.41. The summed E-state index contributed by atoms with van der Waals surface area (Å²) in [5, 5.41) is 20.6. The van der Waals surface area contributed by atoms with Crippen molar-refractivity contribution in [2.45, 2.75) is 110 Å². The minimum absolute atomic E-state index is 0.00866. The third kappa shape index (κ3) is 12.9. The van der Waals surface area contributed by atoms with Crippen molar-refractivity contribution >= 4 is 47.4 Å². The maximum atomic E-state index is 14.2. The van der Waals surface area contributed by atoms with Crippen molar-refractivity contribution in [1.82, 2.24) is 26.2 Å². The van der Waals surface area contributed by atoms with Crippen LogP contribution in [0.1, 0.15) is 106 Å². The number of piperidine rings is 1. The zero-order valence-electron chi connectivity index (χ0n) is 32.4. The Balaban J connectivity index is 1.80. The summed E-state index contributed by atoms with van der Waals surface area (Å²) in [6, 6.07) is 1.40. The van der Waals surface area contributed by atoms with Gasteiger partial charge in [0.15, 0.2) is 0 Å². The molecule has 1 heterocycles. The molecule has 1 saturated heterocycles. The second-order valence-corrected chi connectivity index (χ2v) is 15.3. The van der Waals surface area contributed by atoms with Gasteiger partial charge < -0.3 is 41.7 Å². The summed E-state index contributed by atoms with van der Waals surface area (Å²) in [6.07, 6.45) is 8.05. The molecule has 0 aromatic heterocycles. The number of allylic oxidation sites excluding steroid dienone is 1. The molecule has 55 heavy (non-hydrogen) atoms. The van der Waals surface area contributed by atoms with Gasteiger partial charge in [0.2, 0.25) is 29.5 Å². The van der Waals surface area contributed by atoms with Gasteiger partial charge in [0.1, 0.15) is 24.2 Å². The molecule has 1 aliphatic carbocycles. The second kappa shape index (κ2) is 20.4. The first kappa shape index (κ1) is 44.1. The summed E-state index contributed by atoms with van der Waals surface area (Å²) in [7, 11) is 1.21. The number of methoxy groups -OCH3 is 1. The van der Waals surface area contributed by atoms with E-state index in [4.69, 9.17) is 5.73 Å². The van der Waals surface area contributed by atoms with Crippen LogP contribution in [-0.4, -0.2) is 102 Å². The molecule has 3 rings (SSSR count). The number of hydrogen-bond acceptors (Lipinski definition) is 9. The van der Waals surface area contributed by atoms with Gasteiger partial charge in [-0.25, -0.2) is 9.59 Å². The number of primary amides is 1. The van der Waals surface area contributed by atoms with Crippen LogP contribution in [-0.2, 0) is 33.5 Å². The largest absolute Gasteiger partial charge is 0.478 e. The smallest absolute Gasteiger partial charge is 0.336 e. The van der Waals surface area contributed by atoms with Crippen molar-refractivity contribution < 1.29 is 48.2 Å². The van der Waals surface area contributed by atoms with Crippen LogP contribution in [0.15, 0.2) is 36.4 Å². The van der Waals surface area contributed by atoms with Gasteiger partial charge in [-0.15, -0.1) is 0 Å². The van der Waals surface area contributed by atoms with Gasteiger partial charge in [0.25, 0.3) is 5.91 Å². The van der Waals surface area contributed by atoms with Crippen molar-refractivity contribution in [2.24, 2.45) is 23.0 Å². The first-order valence-corrected chi connectivity index (χ1v) is 18.8. The van der Waals surface area contributed by atoms with E-state index in [1.165, 1.54) is 55.4 Å². The Kier molecular flexibility index (Phi) is 16.4. The average Bonchev–Trinajstić information content (AvgIpc) is 3.16. The maximum Gasteiger partial charge on any atom is 0.336 e. The molecule has 1 unspecified atom stereocenters. The molecule has 1 aliphatic heterocycles. The molecule has 302 valence electrons. The summed E-state index contributed by atoms with van der Waals surface area (Å²) < 4.78 is 4.61. The molecule has 2 aliphatic rings. The first-order chi connectivity index (χ1) is 25.9. The number of carboxylic acids is 1. The Labute approximate surface area is 321 Å². The zero-order chi connectivity index (χ0) is 40.9. The molecule has 1 aromatic carbocycles. The van der Waals surface area contributed by atoms with E-state index in [-0.39, 0.29) is 36.4 Å². The fourth-order valence-corrected chi connectivity index (χ4v) is 6.86. The average molecular weight is 769 g/mol. The van der Waals surface area contributed by atoms with Gasteiger partial charge in [0, 0.05) is 19.2 Å². The Morgan fingerprint density at radius 3 is 2.16 bits per heavy atom. The molecule has 1 aromatic rings. The van der Waals surface area contributed by atoms with E-state index >= 15 is 0 Å². The highest BCUT2D eigenvalue weighted by atomic mass is 16.5. The van der Waals surface area contributed by atoms with Gasteiger partial charge in [-0.1, -0.05) is 58.2 Å². The molecule has 1 saturated carbocycles. The molecule has 5 atom stereocenters. The Bertz CT molecular complexity index is 1620. The third-order valence-corrected chi connectivity index (χ3v) is 10.1. The van der Waals surface area contributed by atoms with E-state index < -0.39 is 82.9 Å². The number of rotatable bonds is 16. The summed E-state index contributed by atoms with van der Waals surface area (Å²) in [5.41, 5.74) is 4.11. The van der Waals surface area contributed by atoms with E-state index in [1.807, 2.05) is 0 Å². The lowest BCUT2D eigenvalue weighted by Gasteiger charge is -2.39. The standard InChI is InChI=1S/C39H56N6O10/c1-23(32(40)47)41-36(51)30(24-14-7-6-8-15-24)43-33(48)25-16-13-21-45(22-25)37(52)31(39(2,3)4)44-35(50)28(19-11-12-20-29(46)55-5)42-34(49)26-17-9-10-18-27(26)38(53)54/h9-10,12,17-18,20,23-25,28,30-31H,6-8,11,13-16,19,21-22H2,1-5H3,(H2,40,47)(H,41,51)(H,42,49)(H,43,48)(H,44,50)(H,53,54)/b20-12+/t23-,25-,28-,30-,31?/m0/s1. The Morgan fingerprint density at radius 1 is 0.909 bits per heavy atom. The van der Waals surface area contributed by atoms with E-state index in [1.54, 1.807) is 20.8 Å². The van der Waals surface area contributed by atoms with Crippen molar-refractivity contribution in [3.63, 3.8) is 0 Å². The number of benzene rings is 1. The molecule has 0 spiro atoms. The quantitative estimate of drug-likeness (QED) is 0.105. The van der Waals surface area contributed by atoms with Gasteiger partial charge in [-0.05, 0) is 68.9 Å². The summed E-state index contributed by atoms with van der Waals surface area (Å²) in [5.74, 6) is -6.26. The minimum Gasteiger partial charge on any atom is -0.478 e. The van der Waals surface area contributed by atoms with Crippen LogP contribution in [0, 0.1) is 17.3 Å². The van der Waals surface area contributed by atoms with E-state index in [0.29, 0.717) is 19.4 Å². The zero-order valence-corrected chi connectivity index (χ0v) is 32.4. The molecule has 7 N–H and O–H groups in total. The van der Waals surface area contributed by atoms with E-state index in [2.05, 4.69) is 26.0 Å². The topological polar surface area (TPSA) is 243 Å². The summed E-state index contributed by atoms with van der Waals surface area (Å²) in [6.45, 7) is 7.12. The van der Waals surface area contributed by atoms with Crippen molar-refractivity contribution in [2.75, 3.05) is 20.2 Å². The number of hydrogen-bond donors (Lipinski definition) is 6. The molecule has 16 heteroatoms. The third-order valence-electron chi connectivity index (χ3n) is 10.1. The number of esters is 1. The van der Waals surface area contributed by atoms with Crippen LogP contribution in [0.3, 0.4) is 0 Å². The van der Waals surface area contributed by atoms with Crippen LogP contribution in [0.25, 0.3) is 0 Å². The van der Waals surface area contributed by atoms with E-state index in [0.717, 1.165) is 32.1 Å². The number of nitrogens with one attached hydrogen (secondary N) is 4. The lowest BCUT2D eigenvalue weighted by molar-refractivity contribution is -0.143. The predicted molar refractivity (Wildman–Crippen MR) is 201 cm³/mol. The first-order valence-electron chi connectivity index (χ1n) is 18.8. The minimum atomic E-state index is -1.33. The van der Waals surface area contributed by atoms with Gasteiger partial charge >= 0.3 is 11.9 Å². The van der Waals surface area contributed by atoms with Gasteiger partial charge in [-0.3, -0.25) is 28.8 Å². The highest BCUT2D eigenvalue weighted by molar-refractivity contribution is 6.06. The highest BCUT2D eigenvalue weighted by Crippen LogP contribution is 2.28. The van der Waals surface area contributed by atoms with Crippen molar-refractivity contribution in [3.05, 3.63) is 47.5 Å². The second-order valence-electron chi connectivity index (χ2n) is 15.3. The van der Waals surface area contributed by atoms with Crippen LogP contribution in [0.5, 0.6) is 0 Å². The Morgan fingerprint density at radius 2 is 1.56 bits per heavy atom. The number of nitrogens with two attached hydrogens (primary N) is 1. The molecule has 6 amide bonds. The number of carbonyl (C=O) groups excluding carboxylic acids is 7. The number of carbonyl (C=O) groups is 8. The number of amides is 6. The van der Waals surface area contributed by atoms with Crippen LogP contribution in [0.2, 0.25) is 0 Å².